The van der Waals surface area contributed by atoms with Gasteiger partial charge in [-0.15, -0.1) is 0 Å². The van der Waals surface area contributed by atoms with E-state index in [-0.39, 0.29) is 18.2 Å². The molecule has 132 valence electrons. The SMILES string of the molecule is CCCN(Cc1ccsc1)C(=O)[C@H]1CC(=O)Nc2ccc(OC)cc21. The lowest BCUT2D eigenvalue weighted by molar-refractivity contribution is -0.135. The molecular formula is C19H22N2O3S. The molecule has 0 aliphatic carbocycles. The normalized spacial score (nSPS) is 16.1. The van der Waals surface area contributed by atoms with Gasteiger partial charge in [0.15, 0.2) is 0 Å². The predicted octanol–water partition coefficient (Wildman–Crippen LogP) is 3.62. The van der Waals surface area contributed by atoms with Gasteiger partial charge in [0.1, 0.15) is 5.75 Å². The molecule has 6 heteroatoms. The molecule has 0 saturated carbocycles. The number of carbonyl (C=O) groups excluding carboxylic acids is 2. The highest BCUT2D eigenvalue weighted by Crippen LogP contribution is 2.36. The van der Waals surface area contributed by atoms with Crippen LogP contribution in [0.5, 0.6) is 5.75 Å². The smallest absolute Gasteiger partial charge is 0.231 e. The van der Waals surface area contributed by atoms with Gasteiger partial charge in [0.25, 0.3) is 0 Å². The highest BCUT2D eigenvalue weighted by atomic mass is 32.1. The van der Waals surface area contributed by atoms with Crippen molar-refractivity contribution in [2.24, 2.45) is 0 Å². The fourth-order valence-corrected chi connectivity index (χ4v) is 3.81. The Morgan fingerprint density at radius 3 is 2.92 bits per heavy atom. The maximum absolute atomic E-state index is 13.2. The van der Waals surface area contributed by atoms with E-state index >= 15 is 0 Å². The van der Waals surface area contributed by atoms with Gasteiger partial charge in [-0.05, 0) is 52.6 Å². The zero-order chi connectivity index (χ0) is 17.8. The van der Waals surface area contributed by atoms with Crippen LogP contribution in [0.25, 0.3) is 0 Å². The molecule has 0 spiro atoms. The van der Waals surface area contributed by atoms with Gasteiger partial charge in [-0.3, -0.25) is 9.59 Å². The largest absolute Gasteiger partial charge is 0.497 e. The van der Waals surface area contributed by atoms with Crippen molar-refractivity contribution in [2.75, 3.05) is 19.0 Å². The topological polar surface area (TPSA) is 58.6 Å². The van der Waals surface area contributed by atoms with Crippen LogP contribution in [0.2, 0.25) is 0 Å². The van der Waals surface area contributed by atoms with E-state index in [1.165, 1.54) is 0 Å². The number of benzene rings is 1. The van der Waals surface area contributed by atoms with Crippen LogP contribution in [0.4, 0.5) is 5.69 Å². The Morgan fingerprint density at radius 1 is 1.40 bits per heavy atom. The molecule has 1 atom stereocenters. The van der Waals surface area contributed by atoms with Crippen LogP contribution < -0.4 is 10.1 Å². The molecule has 0 saturated heterocycles. The summed E-state index contributed by atoms with van der Waals surface area (Å²) in [7, 11) is 1.60. The summed E-state index contributed by atoms with van der Waals surface area (Å²) in [4.78, 5) is 27.2. The number of rotatable bonds is 6. The minimum absolute atomic E-state index is 0.00240. The van der Waals surface area contributed by atoms with Gasteiger partial charge in [0, 0.05) is 25.2 Å². The zero-order valence-corrected chi connectivity index (χ0v) is 15.3. The quantitative estimate of drug-likeness (QED) is 0.858. The van der Waals surface area contributed by atoms with Crippen molar-refractivity contribution >= 4 is 28.8 Å². The van der Waals surface area contributed by atoms with Crippen LogP contribution in [0.1, 0.15) is 36.8 Å². The first-order valence-electron chi connectivity index (χ1n) is 8.40. The number of hydrogen-bond donors (Lipinski definition) is 1. The van der Waals surface area contributed by atoms with E-state index in [9.17, 15) is 9.59 Å². The monoisotopic (exact) mass is 358 g/mol. The summed E-state index contributed by atoms with van der Waals surface area (Å²) in [6, 6.07) is 7.48. The van der Waals surface area contributed by atoms with Crippen LogP contribution in [0.3, 0.4) is 0 Å². The van der Waals surface area contributed by atoms with E-state index in [1.807, 2.05) is 22.4 Å². The van der Waals surface area contributed by atoms with E-state index in [4.69, 9.17) is 4.74 Å². The third kappa shape index (κ3) is 3.85. The summed E-state index contributed by atoms with van der Waals surface area (Å²) in [5.74, 6) is 0.0945. The molecule has 0 fully saturated rings. The number of nitrogens with one attached hydrogen (secondary N) is 1. The fraction of sp³-hybridized carbons (Fsp3) is 0.368. The Labute approximate surface area is 151 Å². The minimum atomic E-state index is -0.468. The standard InChI is InChI=1S/C19H22N2O3S/c1-3-7-21(11-13-6-8-25-12-13)19(23)16-10-18(22)20-17-5-4-14(24-2)9-15(16)17/h4-6,8-9,12,16H,3,7,10-11H2,1-2H3,(H,20,22)/t16-/m0/s1. The highest BCUT2D eigenvalue weighted by molar-refractivity contribution is 7.07. The van der Waals surface area contributed by atoms with E-state index in [0.29, 0.717) is 24.5 Å². The molecule has 1 aromatic carbocycles. The van der Waals surface area contributed by atoms with Crippen molar-refractivity contribution in [3.8, 4) is 5.75 Å². The van der Waals surface area contributed by atoms with Crippen molar-refractivity contribution in [1.82, 2.24) is 4.90 Å². The van der Waals surface area contributed by atoms with Gasteiger partial charge in [-0.2, -0.15) is 11.3 Å². The molecule has 3 rings (SSSR count). The lowest BCUT2D eigenvalue weighted by atomic mass is 9.89. The minimum Gasteiger partial charge on any atom is -0.497 e. The third-order valence-corrected chi connectivity index (χ3v) is 5.09. The fourth-order valence-electron chi connectivity index (χ4n) is 3.15. The Morgan fingerprint density at radius 2 is 2.24 bits per heavy atom. The first kappa shape index (κ1) is 17.5. The second kappa shape index (κ2) is 7.70. The van der Waals surface area contributed by atoms with Gasteiger partial charge in [0.05, 0.1) is 13.0 Å². The van der Waals surface area contributed by atoms with Gasteiger partial charge in [-0.1, -0.05) is 6.92 Å². The van der Waals surface area contributed by atoms with Gasteiger partial charge < -0.3 is 15.0 Å². The molecule has 2 heterocycles. The number of thiophene rings is 1. The molecular weight excluding hydrogens is 336 g/mol. The van der Waals surface area contributed by atoms with E-state index in [0.717, 1.165) is 17.5 Å². The number of carbonyl (C=O) groups is 2. The van der Waals surface area contributed by atoms with Crippen LogP contribution in [0, 0.1) is 0 Å². The molecule has 0 bridgehead atoms. The summed E-state index contributed by atoms with van der Waals surface area (Å²) in [6.07, 6.45) is 1.04. The van der Waals surface area contributed by atoms with Gasteiger partial charge in [0.2, 0.25) is 11.8 Å². The Bertz CT molecular complexity index is 758. The molecule has 0 unspecified atom stereocenters. The number of fused-ring (bicyclic) bond motifs is 1. The molecule has 1 aliphatic rings. The van der Waals surface area contributed by atoms with Crippen molar-refractivity contribution in [3.05, 3.63) is 46.2 Å². The van der Waals surface area contributed by atoms with Gasteiger partial charge >= 0.3 is 0 Å². The lowest BCUT2D eigenvalue weighted by Gasteiger charge is -2.30. The van der Waals surface area contributed by atoms with Crippen LogP contribution in [0.15, 0.2) is 35.0 Å². The van der Waals surface area contributed by atoms with E-state index in [1.54, 1.807) is 30.6 Å². The Balaban J connectivity index is 1.90. The second-order valence-electron chi connectivity index (χ2n) is 6.15. The average Bonchev–Trinajstić information content (AvgIpc) is 3.12. The molecule has 25 heavy (non-hydrogen) atoms. The summed E-state index contributed by atoms with van der Waals surface area (Å²) in [5.41, 5.74) is 2.65. The number of amides is 2. The summed E-state index contributed by atoms with van der Waals surface area (Å²) in [5, 5.41) is 6.92. The molecule has 2 aromatic rings. The highest BCUT2D eigenvalue weighted by Gasteiger charge is 2.33. The first-order chi connectivity index (χ1) is 12.1. The second-order valence-corrected chi connectivity index (χ2v) is 6.93. The van der Waals surface area contributed by atoms with Crippen molar-refractivity contribution < 1.29 is 14.3 Å². The van der Waals surface area contributed by atoms with Crippen molar-refractivity contribution in [3.63, 3.8) is 0 Å². The van der Waals surface area contributed by atoms with Gasteiger partial charge in [-0.25, -0.2) is 0 Å². The number of nitrogens with zero attached hydrogens (tertiary/aromatic N) is 1. The number of hydrogen-bond acceptors (Lipinski definition) is 4. The molecule has 1 N–H and O–H groups in total. The maximum Gasteiger partial charge on any atom is 0.231 e. The third-order valence-electron chi connectivity index (χ3n) is 4.35. The van der Waals surface area contributed by atoms with Crippen LogP contribution >= 0.6 is 11.3 Å². The molecule has 0 radical (unpaired) electrons. The molecule has 1 aliphatic heterocycles. The summed E-state index contributed by atoms with van der Waals surface area (Å²) < 4.78 is 5.29. The van der Waals surface area contributed by atoms with Crippen LogP contribution in [-0.2, 0) is 16.1 Å². The van der Waals surface area contributed by atoms with E-state index < -0.39 is 5.92 Å². The number of anilines is 1. The molecule has 2 amide bonds. The Hall–Kier alpha value is -2.34. The summed E-state index contributed by atoms with van der Waals surface area (Å²) in [6.45, 7) is 3.30. The summed E-state index contributed by atoms with van der Waals surface area (Å²) >= 11 is 1.62. The molecule has 5 nitrogen and oxygen atoms in total. The van der Waals surface area contributed by atoms with Crippen molar-refractivity contribution in [1.29, 1.82) is 0 Å². The first-order valence-corrected chi connectivity index (χ1v) is 9.34. The van der Waals surface area contributed by atoms with E-state index in [2.05, 4.69) is 17.6 Å². The molecule has 1 aromatic heterocycles. The number of methoxy groups -OCH3 is 1. The van der Waals surface area contributed by atoms with Crippen LogP contribution in [-0.4, -0.2) is 30.4 Å². The maximum atomic E-state index is 13.2. The average molecular weight is 358 g/mol. The Kier molecular flexibility index (Phi) is 5.38. The predicted molar refractivity (Wildman–Crippen MR) is 99.0 cm³/mol. The number of ether oxygens (including phenoxy) is 1. The van der Waals surface area contributed by atoms with Crippen molar-refractivity contribution in [2.45, 2.75) is 32.2 Å². The zero-order valence-electron chi connectivity index (χ0n) is 14.5. The lowest BCUT2D eigenvalue weighted by Crippen LogP contribution is -2.38.